The van der Waals surface area contributed by atoms with Crippen molar-refractivity contribution in [2.45, 2.75) is 18.0 Å². The molecule has 4 nitrogen and oxygen atoms in total. The summed E-state index contributed by atoms with van der Waals surface area (Å²) in [6.07, 6.45) is -1.11. The van der Waals surface area contributed by atoms with Crippen molar-refractivity contribution in [1.82, 2.24) is 10.6 Å². The number of carbonyl (C=O) groups excluding carboxylic acids is 2. The minimum atomic E-state index is -1.11. The Morgan fingerprint density at radius 1 is 0.450 bits per heavy atom. The molecule has 0 saturated heterocycles. The fraction of sp³-hybridized carbons (Fsp3) is 0.0857. The largest absolute Gasteiger partial charge is 0.331 e. The van der Waals surface area contributed by atoms with Crippen LogP contribution in [0.25, 0.3) is 0 Å². The van der Waals surface area contributed by atoms with Gasteiger partial charge >= 0.3 is 0 Å². The van der Waals surface area contributed by atoms with E-state index in [1.165, 1.54) is 6.07 Å². The Labute approximate surface area is 233 Å². The summed E-state index contributed by atoms with van der Waals surface area (Å²) < 4.78 is 15.1. The van der Waals surface area contributed by atoms with E-state index in [0.29, 0.717) is 0 Å². The number of rotatable bonds is 9. The molecule has 0 fully saturated rings. The lowest BCUT2D eigenvalue weighted by Crippen LogP contribution is -2.45. The highest BCUT2D eigenvalue weighted by atomic mass is 19.1. The monoisotopic (exact) mass is 528 g/mol. The fourth-order valence-electron chi connectivity index (χ4n) is 4.92. The summed E-state index contributed by atoms with van der Waals surface area (Å²) in [5.41, 5.74) is 3.32. The minimum absolute atomic E-state index is 0.170. The van der Waals surface area contributed by atoms with Gasteiger partial charge in [-0.05, 0) is 28.3 Å². The van der Waals surface area contributed by atoms with Crippen LogP contribution in [0.3, 0.4) is 0 Å². The van der Waals surface area contributed by atoms with Gasteiger partial charge in [-0.15, -0.1) is 0 Å². The molecule has 0 aliphatic heterocycles. The van der Waals surface area contributed by atoms with Crippen molar-refractivity contribution in [2.24, 2.45) is 0 Å². The van der Waals surface area contributed by atoms with Crippen molar-refractivity contribution in [3.8, 4) is 0 Å². The molecule has 5 heteroatoms. The molecule has 0 radical (unpaired) electrons. The van der Waals surface area contributed by atoms with Crippen molar-refractivity contribution < 1.29 is 14.0 Å². The normalized spacial score (nSPS) is 11.0. The Morgan fingerprint density at radius 2 is 0.750 bits per heavy atom. The third-order valence-corrected chi connectivity index (χ3v) is 6.85. The second kappa shape index (κ2) is 12.7. The molecule has 0 bridgehead atoms. The second-order valence-electron chi connectivity index (χ2n) is 9.48. The van der Waals surface area contributed by atoms with E-state index in [9.17, 15) is 9.59 Å². The van der Waals surface area contributed by atoms with Crippen LogP contribution in [0.15, 0.2) is 146 Å². The highest BCUT2D eigenvalue weighted by Crippen LogP contribution is 2.28. The maximum absolute atomic E-state index is 15.1. The SMILES string of the molecule is O=C(NC(NC(=O)C(c1ccccc1)c1ccccc1)c1ccccc1F)C(c1ccccc1)c1ccccc1. The van der Waals surface area contributed by atoms with Crippen LogP contribution in [0.2, 0.25) is 0 Å². The molecule has 2 N–H and O–H groups in total. The molecule has 5 rings (SSSR count). The van der Waals surface area contributed by atoms with Crippen molar-refractivity contribution >= 4 is 11.8 Å². The van der Waals surface area contributed by atoms with Crippen LogP contribution in [0.1, 0.15) is 45.8 Å². The van der Waals surface area contributed by atoms with E-state index in [1.807, 2.05) is 121 Å². The first-order valence-electron chi connectivity index (χ1n) is 13.2. The van der Waals surface area contributed by atoms with Crippen LogP contribution in [-0.2, 0) is 9.59 Å². The van der Waals surface area contributed by atoms with Gasteiger partial charge in [0.05, 0.1) is 11.8 Å². The molecule has 0 spiro atoms. The molecule has 40 heavy (non-hydrogen) atoms. The number of nitrogens with one attached hydrogen (secondary N) is 2. The Bertz CT molecular complexity index is 1370. The highest BCUT2D eigenvalue weighted by molar-refractivity contribution is 5.90. The molecular weight excluding hydrogens is 499 g/mol. The predicted octanol–water partition coefficient (Wildman–Crippen LogP) is 6.72. The van der Waals surface area contributed by atoms with E-state index in [0.717, 1.165) is 22.3 Å². The van der Waals surface area contributed by atoms with E-state index in [-0.39, 0.29) is 17.4 Å². The van der Waals surface area contributed by atoms with E-state index >= 15 is 4.39 Å². The summed E-state index contributed by atoms with van der Waals surface area (Å²) in [5.74, 6) is -2.57. The molecule has 0 saturated carbocycles. The van der Waals surface area contributed by atoms with Crippen LogP contribution in [0.5, 0.6) is 0 Å². The zero-order valence-corrected chi connectivity index (χ0v) is 21.8. The lowest BCUT2D eigenvalue weighted by atomic mass is 9.89. The summed E-state index contributed by atoms with van der Waals surface area (Å²) in [6.45, 7) is 0. The van der Waals surface area contributed by atoms with Gasteiger partial charge in [0, 0.05) is 5.56 Å². The first-order valence-corrected chi connectivity index (χ1v) is 13.2. The summed E-state index contributed by atoms with van der Waals surface area (Å²) in [7, 11) is 0. The second-order valence-corrected chi connectivity index (χ2v) is 9.48. The average molecular weight is 529 g/mol. The molecular formula is C35H29FN2O2. The molecule has 0 aliphatic rings. The molecule has 0 heterocycles. The number of carbonyl (C=O) groups is 2. The van der Waals surface area contributed by atoms with Crippen molar-refractivity contribution in [3.63, 3.8) is 0 Å². The Morgan fingerprint density at radius 3 is 1.07 bits per heavy atom. The number of amides is 2. The molecule has 0 aromatic heterocycles. The Hall–Kier alpha value is -5.03. The Kier molecular flexibility index (Phi) is 8.42. The van der Waals surface area contributed by atoms with Crippen LogP contribution >= 0.6 is 0 Å². The van der Waals surface area contributed by atoms with Crippen molar-refractivity contribution in [2.75, 3.05) is 0 Å². The summed E-state index contributed by atoms with van der Waals surface area (Å²) >= 11 is 0. The van der Waals surface area contributed by atoms with Gasteiger partial charge in [0.15, 0.2) is 0 Å². The van der Waals surface area contributed by atoms with E-state index in [1.54, 1.807) is 18.2 Å². The Balaban J connectivity index is 1.51. The van der Waals surface area contributed by atoms with Gasteiger partial charge in [0.1, 0.15) is 12.0 Å². The lowest BCUT2D eigenvalue weighted by molar-refractivity contribution is -0.125. The molecule has 198 valence electrons. The quantitative estimate of drug-likeness (QED) is 0.209. The molecule has 2 amide bonds. The summed E-state index contributed by atoms with van der Waals surface area (Å²) in [4.78, 5) is 27.9. The smallest absolute Gasteiger partial charge is 0.233 e. The van der Waals surface area contributed by atoms with Gasteiger partial charge < -0.3 is 10.6 Å². The van der Waals surface area contributed by atoms with E-state index in [4.69, 9.17) is 0 Å². The van der Waals surface area contributed by atoms with Gasteiger partial charge in [0.2, 0.25) is 11.8 Å². The molecule has 5 aromatic carbocycles. The zero-order valence-electron chi connectivity index (χ0n) is 21.8. The molecule has 5 aromatic rings. The van der Waals surface area contributed by atoms with E-state index < -0.39 is 23.8 Å². The highest BCUT2D eigenvalue weighted by Gasteiger charge is 2.30. The number of benzene rings is 5. The molecule has 0 atom stereocenters. The number of halogens is 1. The van der Waals surface area contributed by atoms with Crippen LogP contribution in [-0.4, -0.2) is 11.8 Å². The maximum Gasteiger partial charge on any atom is 0.233 e. The van der Waals surface area contributed by atoms with Crippen molar-refractivity contribution in [1.29, 1.82) is 0 Å². The van der Waals surface area contributed by atoms with Crippen LogP contribution in [0.4, 0.5) is 4.39 Å². The first kappa shape index (κ1) is 26.6. The zero-order chi connectivity index (χ0) is 27.7. The van der Waals surface area contributed by atoms with Crippen LogP contribution < -0.4 is 10.6 Å². The average Bonchev–Trinajstić information content (AvgIpc) is 3.00. The third kappa shape index (κ3) is 6.16. The van der Waals surface area contributed by atoms with Crippen molar-refractivity contribution in [3.05, 3.63) is 179 Å². The fourth-order valence-corrected chi connectivity index (χ4v) is 4.92. The van der Waals surface area contributed by atoms with Gasteiger partial charge in [-0.25, -0.2) is 4.39 Å². The topological polar surface area (TPSA) is 58.2 Å². The number of hydrogen-bond acceptors (Lipinski definition) is 2. The third-order valence-electron chi connectivity index (χ3n) is 6.85. The standard InChI is InChI=1S/C35H29FN2O2/c36-30-24-14-13-23-29(30)33(37-34(39)31(25-15-5-1-6-16-25)26-17-7-2-8-18-26)38-35(40)32(27-19-9-3-10-20-27)28-21-11-4-12-22-28/h1-24,31-33H,(H,37,39)(H,38,40). The van der Waals surface area contributed by atoms with E-state index in [2.05, 4.69) is 10.6 Å². The summed E-state index contributed by atoms with van der Waals surface area (Å²) in [5, 5.41) is 5.90. The predicted molar refractivity (Wildman–Crippen MR) is 155 cm³/mol. The molecule has 0 unspecified atom stereocenters. The van der Waals surface area contributed by atoms with Gasteiger partial charge in [0.25, 0.3) is 0 Å². The minimum Gasteiger partial charge on any atom is -0.331 e. The lowest BCUT2D eigenvalue weighted by Gasteiger charge is -2.27. The van der Waals surface area contributed by atoms with Gasteiger partial charge in [-0.2, -0.15) is 0 Å². The van der Waals surface area contributed by atoms with Crippen LogP contribution in [0, 0.1) is 5.82 Å². The number of hydrogen-bond donors (Lipinski definition) is 2. The maximum atomic E-state index is 15.1. The molecule has 0 aliphatic carbocycles. The first-order chi connectivity index (χ1) is 19.6. The van der Waals surface area contributed by atoms with Gasteiger partial charge in [-0.3, -0.25) is 9.59 Å². The summed E-state index contributed by atoms with van der Waals surface area (Å²) in [6, 6.07) is 43.8. The van der Waals surface area contributed by atoms with Gasteiger partial charge in [-0.1, -0.05) is 140 Å².